The van der Waals surface area contributed by atoms with Gasteiger partial charge in [-0.1, -0.05) is 0 Å². The van der Waals surface area contributed by atoms with E-state index < -0.39 is 5.95 Å². The molecule has 2 rings (SSSR count). The molecule has 1 fully saturated rings. The summed E-state index contributed by atoms with van der Waals surface area (Å²) in [6.45, 7) is 1.58. The lowest BCUT2D eigenvalue weighted by atomic mass is 10.3. The number of nitrogens with zero attached hydrogens (tertiary/aromatic N) is 2. The number of aromatic nitrogens is 1. The first-order valence-corrected chi connectivity index (χ1v) is 4.39. The van der Waals surface area contributed by atoms with Gasteiger partial charge in [0.25, 0.3) is 0 Å². The number of hydrogen-bond acceptors (Lipinski definition) is 3. The molecular weight excluding hydrogens is 185 g/mol. The molecular formula is C9H10FN3O. The smallest absolute Gasteiger partial charge is 0.239 e. The minimum atomic E-state index is -0.520. The van der Waals surface area contributed by atoms with E-state index in [1.165, 1.54) is 12.3 Å². The van der Waals surface area contributed by atoms with Crippen LogP contribution in [-0.2, 0) is 4.79 Å². The maximum Gasteiger partial charge on any atom is 0.239 e. The number of amides is 1. The molecule has 74 valence electrons. The zero-order valence-corrected chi connectivity index (χ0v) is 7.53. The van der Waals surface area contributed by atoms with Crippen molar-refractivity contribution in [3.63, 3.8) is 0 Å². The van der Waals surface area contributed by atoms with Crippen molar-refractivity contribution in [3.8, 4) is 0 Å². The van der Waals surface area contributed by atoms with Crippen LogP contribution in [0.5, 0.6) is 0 Å². The zero-order chi connectivity index (χ0) is 9.97. The monoisotopic (exact) mass is 195 g/mol. The van der Waals surface area contributed by atoms with Crippen LogP contribution in [0.3, 0.4) is 0 Å². The van der Waals surface area contributed by atoms with E-state index in [2.05, 4.69) is 10.3 Å². The van der Waals surface area contributed by atoms with E-state index in [9.17, 15) is 9.18 Å². The first-order chi connectivity index (χ1) is 6.75. The van der Waals surface area contributed by atoms with Gasteiger partial charge >= 0.3 is 0 Å². The lowest BCUT2D eigenvalue weighted by molar-refractivity contribution is -0.120. The Hall–Kier alpha value is -1.65. The first-order valence-electron chi connectivity index (χ1n) is 4.39. The molecule has 5 heteroatoms. The van der Waals surface area contributed by atoms with Crippen molar-refractivity contribution in [1.82, 2.24) is 10.3 Å². The van der Waals surface area contributed by atoms with Crippen LogP contribution in [0.15, 0.2) is 18.3 Å². The molecule has 0 aliphatic carbocycles. The minimum Gasteiger partial charge on any atom is -0.360 e. The van der Waals surface area contributed by atoms with Crippen molar-refractivity contribution in [2.75, 3.05) is 24.5 Å². The SMILES string of the molecule is O=C1CN(c2ccnc(F)c2)CCN1. The van der Waals surface area contributed by atoms with Gasteiger partial charge in [0.15, 0.2) is 0 Å². The van der Waals surface area contributed by atoms with Crippen molar-refractivity contribution < 1.29 is 9.18 Å². The Bertz CT molecular complexity index is 356. The van der Waals surface area contributed by atoms with Crippen LogP contribution in [0.1, 0.15) is 0 Å². The second-order valence-electron chi connectivity index (χ2n) is 3.11. The number of halogens is 1. The third-order valence-corrected chi connectivity index (χ3v) is 2.11. The molecule has 1 amide bonds. The Morgan fingerprint density at radius 3 is 3.14 bits per heavy atom. The average Bonchev–Trinajstić information content (AvgIpc) is 2.18. The van der Waals surface area contributed by atoms with E-state index in [0.717, 1.165) is 0 Å². The molecule has 0 radical (unpaired) electrons. The maximum atomic E-state index is 12.8. The molecule has 0 atom stereocenters. The summed E-state index contributed by atoms with van der Waals surface area (Å²) in [5.74, 6) is -0.554. The van der Waals surface area contributed by atoms with Gasteiger partial charge in [-0.2, -0.15) is 4.39 Å². The summed E-state index contributed by atoms with van der Waals surface area (Å²) in [5, 5.41) is 2.71. The van der Waals surface area contributed by atoms with Crippen molar-refractivity contribution in [3.05, 3.63) is 24.3 Å². The summed E-state index contributed by atoms with van der Waals surface area (Å²) in [6.07, 6.45) is 1.40. The summed E-state index contributed by atoms with van der Waals surface area (Å²) >= 11 is 0. The number of hydrogen-bond donors (Lipinski definition) is 1. The Balaban J connectivity index is 2.17. The second kappa shape index (κ2) is 3.61. The number of piperazine rings is 1. The van der Waals surface area contributed by atoms with Gasteiger partial charge in [0.2, 0.25) is 11.9 Å². The molecule has 1 aliphatic rings. The predicted octanol–water partition coefficient (Wildman–Crippen LogP) is 0.157. The average molecular weight is 195 g/mol. The Labute approximate surface area is 80.7 Å². The highest BCUT2D eigenvalue weighted by molar-refractivity contribution is 5.82. The van der Waals surface area contributed by atoms with Crippen LogP contribution in [0.25, 0.3) is 0 Å². The zero-order valence-electron chi connectivity index (χ0n) is 7.53. The van der Waals surface area contributed by atoms with Crippen LogP contribution in [0.4, 0.5) is 10.1 Å². The third kappa shape index (κ3) is 1.81. The molecule has 0 aromatic carbocycles. The maximum absolute atomic E-state index is 12.8. The van der Waals surface area contributed by atoms with Crippen LogP contribution in [-0.4, -0.2) is 30.5 Å². The van der Waals surface area contributed by atoms with E-state index in [4.69, 9.17) is 0 Å². The molecule has 0 unspecified atom stereocenters. The van der Waals surface area contributed by atoms with Gasteiger partial charge in [-0.25, -0.2) is 4.98 Å². The van der Waals surface area contributed by atoms with Gasteiger partial charge in [0, 0.05) is 31.0 Å². The van der Waals surface area contributed by atoms with E-state index in [0.29, 0.717) is 18.8 Å². The number of anilines is 1. The number of carbonyl (C=O) groups excluding carboxylic acids is 1. The molecule has 14 heavy (non-hydrogen) atoms. The van der Waals surface area contributed by atoms with Crippen LogP contribution in [0.2, 0.25) is 0 Å². The van der Waals surface area contributed by atoms with Gasteiger partial charge in [-0.05, 0) is 6.07 Å². The highest BCUT2D eigenvalue weighted by atomic mass is 19.1. The van der Waals surface area contributed by atoms with Gasteiger partial charge in [0.05, 0.1) is 6.54 Å². The van der Waals surface area contributed by atoms with Crippen molar-refractivity contribution in [2.45, 2.75) is 0 Å². The fraction of sp³-hybridized carbons (Fsp3) is 0.333. The fourth-order valence-electron chi connectivity index (χ4n) is 1.45. The Kier molecular flexibility index (Phi) is 2.30. The predicted molar refractivity (Wildman–Crippen MR) is 49.4 cm³/mol. The summed E-state index contributed by atoms with van der Waals surface area (Å²) in [7, 11) is 0. The lowest BCUT2D eigenvalue weighted by Crippen LogP contribution is -2.47. The molecule has 1 aliphatic heterocycles. The highest BCUT2D eigenvalue weighted by Crippen LogP contribution is 2.14. The van der Waals surface area contributed by atoms with E-state index >= 15 is 0 Å². The number of pyridine rings is 1. The second-order valence-corrected chi connectivity index (χ2v) is 3.11. The molecule has 1 N–H and O–H groups in total. The summed E-state index contributed by atoms with van der Waals surface area (Å²) in [6, 6.07) is 3.03. The molecule has 0 saturated carbocycles. The molecule has 0 bridgehead atoms. The van der Waals surface area contributed by atoms with E-state index in [1.807, 2.05) is 4.90 Å². The molecule has 2 heterocycles. The van der Waals surface area contributed by atoms with Gasteiger partial charge in [-0.15, -0.1) is 0 Å². The minimum absolute atomic E-state index is 0.0338. The molecule has 1 aromatic heterocycles. The van der Waals surface area contributed by atoms with Crippen LogP contribution >= 0.6 is 0 Å². The van der Waals surface area contributed by atoms with Crippen molar-refractivity contribution >= 4 is 11.6 Å². The summed E-state index contributed by atoms with van der Waals surface area (Å²) < 4.78 is 12.8. The summed E-state index contributed by atoms with van der Waals surface area (Å²) in [5.41, 5.74) is 0.701. The largest absolute Gasteiger partial charge is 0.360 e. The van der Waals surface area contributed by atoms with Gasteiger partial charge in [-0.3, -0.25) is 4.79 Å². The van der Waals surface area contributed by atoms with Crippen LogP contribution in [0, 0.1) is 5.95 Å². The van der Waals surface area contributed by atoms with E-state index in [1.54, 1.807) is 6.07 Å². The molecule has 1 saturated heterocycles. The number of carbonyl (C=O) groups is 1. The Morgan fingerprint density at radius 2 is 2.43 bits per heavy atom. The Morgan fingerprint density at radius 1 is 1.57 bits per heavy atom. The van der Waals surface area contributed by atoms with Crippen molar-refractivity contribution in [2.24, 2.45) is 0 Å². The molecule has 1 aromatic rings. The first kappa shape index (κ1) is 8.93. The summed E-state index contributed by atoms with van der Waals surface area (Å²) in [4.78, 5) is 16.4. The standard InChI is InChI=1S/C9H10FN3O/c10-8-5-7(1-2-11-8)13-4-3-12-9(14)6-13/h1-2,5H,3-4,6H2,(H,12,14). The number of nitrogens with one attached hydrogen (secondary N) is 1. The quantitative estimate of drug-likeness (QED) is 0.649. The third-order valence-electron chi connectivity index (χ3n) is 2.11. The topological polar surface area (TPSA) is 45.2 Å². The molecule has 0 spiro atoms. The van der Waals surface area contributed by atoms with Crippen molar-refractivity contribution in [1.29, 1.82) is 0 Å². The van der Waals surface area contributed by atoms with Gasteiger partial charge < -0.3 is 10.2 Å². The normalized spacial score (nSPS) is 16.6. The van der Waals surface area contributed by atoms with Gasteiger partial charge in [0.1, 0.15) is 0 Å². The van der Waals surface area contributed by atoms with E-state index in [-0.39, 0.29) is 12.5 Å². The molecule has 4 nitrogen and oxygen atoms in total. The number of rotatable bonds is 1. The lowest BCUT2D eigenvalue weighted by Gasteiger charge is -2.28. The highest BCUT2D eigenvalue weighted by Gasteiger charge is 2.16. The van der Waals surface area contributed by atoms with Crippen LogP contribution < -0.4 is 10.2 Å². The fourth-order valence-corrected chi connectivity index (χ4v) is 1.45.